The average molecular weight is 282 g/mol. The number of H-pyrrole nitrogens is 1. The van der Waals surface area contributed by atoms with Crippen molar-refractivity contribution in [2.24, 2.45) is 0 Å². The molecule has 98 valence electrons. The van der Waals surface area contributed by atoms with Gasteiger partial charge < -0.3 is 0 Å². The predicted octanol–water partition coefficient (Wildman–Crippen LogP) is 1.15. The zero-order valence-electron chi connectivity index (χ0n) is 9.50. The molecular weight excluding hydrogens is 274 g/mol. The molecule has 19 heavy (non-hydrogen) atoms. The van der Waals surface area contributed by atoms with Crippen LogP contribution < -0.4 is 11.2 Å². The van der Waals surface area contributed by atoms with E-state index in [1.807, 2.05) is 0 Å². The van der Waals surface area contributed by atoms with E-state index in [-0.39, 0.29) is 17.3 Å². The van der Waals surface area contributed by atoms with Crippen molar-refractivity contribution in [2.75, 3.05) is 0 Å². The van der Waals surface area contributed by atoms with Crippen molar-refractivity contribution in [3.63, 3.8) is 0 Å². The van der Waals surface area contributed by atoms with Crippen LogP contribution in [0.25, 0.3) is 0 Å². The molecule has 8 heteroatoms. The minimum Gasteiger partial charge on any atom is -0.296 e. The Kier molecular flexibility index (Phi) is 3.48. The van der Waals surface area contributed by atoms with Gasteiger partial charge in [-0.3, -0.25) is 24.5 Å². The minimum absolute atomic E-state index is 0.0247. The zero-order valence-corrected chi connectivity index (χ0v) is 10.3. The monoisotopic (exact) mass is 281 g/mol. The van der Waals surface area contributed by atoms with Gasteiger partial charge in [-0.05, 0) is 12.1 Å². The van der Waals surface area contributed by atoms with Crippen LogP contribution in [0.2, 0.25) is 5.02 Å². The number of nitro benzene ring substituents is 1. The summed E-state index contributed by atoms with van der Waals surface area (Å²) in [5.41, 5.74) is -1.00. The van der Waals surface area contributed by atoms with Crippen molar-refractivity contribution in [1.82, 2.24) is 9.55 Å². The molecule has 1 aromatic heterocycles. The molecule has 1 heterocycles. The maximum Gasteiger partial charge on any atom is 0.328 e. The van der Waals surface area contributed by atoms with Gasteiger partial charge in [0.2, 0.25) is 0 Å². The largest absolute Gasteiger partial charge is 0.328 e. The number of nitro groups is 1. The van der Waals surface area contributed by atoms with Crippen LogP contribution in [0.1, 0.15) is 5.56 Å². The second kappa shape index (κ2) is 5.07. The summed E-state index contributed by atoms with van der Waals surface area (Å²) >= 11 is 5.70. The number of aromatic nitrogens is 2. The number of nitrogens with zero attached hydrogens (tertiary/aromatic N) is 2. The topological polar surface area (TPSA) is 98.0 Å². The molecule has 2 aromatic rings. The number of rotatable bonds is 3. The number of nitrogens with one attached hydrogen (secondary N) is 1. The lowest BCUT2D eigenvalue weighted by atomic mass is 10.2. The Balaban J connectivity index is 2.46. The van der Waals surface area contributed by atoms with Crippen molar-refractivity contribution in [3.05, 3.63) is 72.0 Å². The molecule has 0 aliphatic rings. The normalized spacial score (nSPS) is 10.4. The summed E-state index contributed by atoms with van der Waals surface area (Å²) in [5, 5.41) is 11.1. The summed E-state index contributed by atoms with van der Waals surface area (Å²) < 4.78 is 1.16. The molecule has 1 N–H and O–H groups in total. The van der Waals surface area contributed by atoms with Gasteiger partial charge in [-0.15, -0.1) is 0 Å². The molecule has 7 nitrogen and oxygen atoms in total. The van der Waals surface area contributed by atoms with E-state index < -0.39 is 16.2 Å². The summed E-state index contributed by atoms with van der Waals surface area (Å²) in [7, 11) is 0. The van der Waals surface area contributed by atoms with Crippen molar-refractivity contribution < 1.29 is 4.92 Å². The van der Waals surface area contributed by atoms with E-state index in [0.717, 1.165) is 4.57 Å². The Labute approximate surface area is 111 Å². The highest BCUT2D eigenvalue weighted by Gasteiger charge is 2.14. The second-order valence-corrected chi connectivity index (χ2v) is 4.20. The van der Waals surface area contributed by atoms with Crippen LogP contribution in [0.5, 0.6) is 0 Å². The first-order valence-corrected chi connectivity index (χ1v) is 5.58. The molecule has 0 fully saturated rings. The van der Waals surface area contributed by atoms with Crippen LogP contribution >= 0.6 is 11.6 Å². The molecule has 0 saturated heterocycles. The van der Waals surface area contributed by atoms with Gasteiger partial charge in [0.05, 0.1) is 11.5 Å². The van der Waals surface area contributed by atoms with Crippen molar-refractivity contribution in [2.45, 2.75) is 6.54 Å². The Hall–Kier alpha value is -2.41. The molecule has 0 unspecified atom stereocenters. The molecule has 1 aromatic carbocycles. The van der Waals surface area contributed by atoms with E-state index in [9.17, 15) is 19.7 Å². The summed E-state index contributed by atoms with van der Waals surface area (Å²) in [5.74, 6) is 0. The smallest absolute Gasteiger partial charge is 0.296 e. The molecule has 0 spiro atoms. The van der Waals surface area contributed by atoms with Gasteiger partial charge in [0.15, 0.2) is 0 Å². The van der Waals surface area contributed by atoms with Gasteiger partial charge in [0.1, 0.15) is 0 Å². The lowest BCUT2D eigenvalue weighted by molar-refractivity contribution is -0.385. The van der Waals surface area contributed by atoms with Gasteiger partial charge in [-0.1, -0.05) is 11.6 Å². The zero-order chi connectivity index (χ0) is 14.0. The van der Waals surface area contributed by atoms with E-state index in [4.69, 9.17) is 11.6 Å². The van der Waals surface area contributed by atoms with E-state index in [2.05, 4.69) is 4.98 Å². The Bertz CT molecular complexity index is 750. The molecule has 2 rings (SSSR count). The Morgan fingerprint density at radius 3 is 2.68 bits per heavy atom. The molecular formula is C11H8ClN3O4. The second-order valence-electron chi connectivity index (χ2n) is 3.77. The lowest BCUT2D eigenvalue weighted by Gasteiger charge is -2.05. The minimum atomic E-state index is -0.628. The lowest BCUT2D eigenvalue weighted by Crippen LogP contribution is -2.29. The van der Waals surface area contributed by atoms with E-state index in [1.165, 1.54) is 30.5 Å². The van der Waals surface area contributed by atoms with Gasteiger partial charge in [0.25, 0.3) is 11.2 Å². The van der Waals surface area contributed by atoms with E-state index in [1.54, 1.807) is 0 Å². The van der Waals surface area contributed by atoms with Crippen LogP contribution in [-0.2, 0) is 6.54 Å². The molecule has 0 saturated carbocycles. The van der Waals surface area contributed by atoms with Gasteiger partial charge in [-0.2, -0.15) is 0 Å². The fourth-order valence-electron chi connectivity index (χ4n) is 1.59. The highest BCUT2D eigenvalue weighted by molar-refractivity contribution is 6.30. The van der Waals surface area contributed by atoms with Gasteiger partial charge in [-0.25, -0.2) is 4.79 Å². The SMILES string of the molecule is O=c1ccn(Cc2ccc(Cl)cc2[N+](=O)[O-])c(=O)[nH]1. The number of hydrogen-bond donors (Lipinski definition) is 1. The first-order chi connectivity index (χ1) is 8.97. The maximum absolute atomic E-state index is 11.5. The number of hydrogen-bond acceptors (Lipinski definition) is 4. The quantitative estimate of drug-likeness (QED) is 0.674. The highest BCUT2D eigenvalue weighted by Crippen LogP contribution is 2.23. The third-order valence-electron chi connectivity index (χ3n) is 2.48. The van der Waals surface area contributed by atoms with Gasteiger partial charge in [0, 0.05) is 28.9 Å². The van der Waals surface area contributed by atoms with Crippen LogP contribution in [0.15, 0.2) is 40.1 Å². The Morgan fingerprint density at radius 2 is 2.05 bits per heavy atom. The first-order valence-electron chi connectivity index (χ1n) is 5.20. The molecule has 0 aliphatic heterocycles. The van der Waals surface area contributed by atoms with Crippen LogP contribution in [0.4, 0.5) is 5.69 Å². The van der Waals surface area contributed by atoms with Crippen molar-refractivity contribution >= 4 is 17.3 Å². The maximum atomic E-state index is 11.5. The summed E-state index contributed by atoms with van der Waals surface area (Å²) in [6.45, 7) is -0.0247. The number of halogens is 1. The van der Waals surface area contributed by atoms with Crippen molar-refractivity contribution in [1.29, 1.82) is 0 Å². The predicted molar refractivity (Wildman–Crippen MR) is 68.5 cm³/mol. The Morgan fingerprint density at radius 1 is 1.32 bits per heavy atom. The third-order valence-corrected chi connectivity index (χ3v) is 2.72. The summed E-state index contributed by atoms with van der Waals surface area (Å²) in [6, 6.07) is 5.36. The van der Waals surface area contributed by atoms with E-state index >= 15 is 0 Å². The third kappa shape index (κ3) is 2.89. The number of benzene rings is 1. The molecule has 0 atom stereocenters. The molecule has 0 radical (unpaired) electrons. The fourth-order valence-corrected chi connectivity index (χ4v) is 1.76. The molecule has 0 aliphatic carbocycles. The summed E-state index contributed by atoms with van der Waals surface area (Å²) in [6.07, 6.45) is 1.28. The fraction of sp³-hybridized carbons (Fsp3) is 0.0909. The van der Waals surface area contributed by atoms with E-state index in [0.29, 0.717) is 5.56 Å². The molecule has 0 bridgehead atoms. The standard InChI is InChI=1S/C11H8ClN3O4/c12-8-2-1-7(9(5-8)15(18)19)6-14-4-3-10(16)13-11(14)17/h1-5H,6H2,(H,13,16,17). The number of aromatic amines is 1. The first kappa shape index (κ1) is 13.0. The van der Waals surface area contributed by atoms with Crippen LogP contribution in [-0.4, -0.2) is 14.5 Å². The van der Waals surface area contributed by atoms with Crippen LogP contribution in [0, 0.1) is 10.1 Å². The van der Waals surface area contributed by atoms with Crippen LogP contribution in [0.3, 0.4) is 0 Å². The van der Waals surface area contributed by atoms with Gasteiger partial charge >= 0.3 is 5.69 Å². The molecule has 0 amide bonds. The highest BCUT2D eigenvalue weighted by atomic mass is 35.5. The average Bonchev–Trinajstić information content (AvgIpc) is 2.34. The van der Waals surface area contributed by atoms with Crippen molar-refractivity contribution in [3.8, 4) is 0 Å². The summed E-state index contributed by atoms with van der Waals surface area (Å²) in [4.78, 5) is 34.8.